The molecule has 0 aromatic carbocycles. The third-order valence-corrected chi connectivity index (χ3v) is 5.60. The van der Waals surface area contributed by atoms with E-state index in [4.69, 9.17) is 0 Å². The average molecular weight is 302 g/mol. The number of aldehydes is 1. The molecule has 0 aromatic rings. The van der Waals surface area contributed by atoms with E-state index in [1.54, 1.807) is 0 Å². The Morgan fingerprint density at radius 3 is 2.86 bits per heavy atom. The minimum absolute atomic E-state index is 0.00259. The van der Waals surface area contributed by atoms with Crippen LogP contribution < -0.4 is 0 Å². The van der Waals surface area contributed by atoms with Gasteiger partial charge in [-0.2, -0.15) is 0 Å². The topological polar surface area (TPSA) is 37.3 Å². The van der Waals surface area contributed by atoms with Crippen LogP contribution in [0.4, 0.5) is 0 Å². The quantitative estimate of drug-likeness (QED) is 0.601. The van der Waals surface area contributed by atoms with Crippen LogP contribution in [0.2, 0.25) is 0 Å². The molecule has 0 aliphatic heterocycles. The Bertz CT molecular complexity index is 482. The van der Waals surface area contributed by atoms with Gasteiger partial charge in [0.2, 0.25) is 0 Å². The van der Waals surface area contributed by atoms with Crippen LogP contribution in [0.15, 0.2) is 35.5 Å². The molecule has 0 aromatic heterocycles. The van der Waals surface area contributed by atoms with Crippen LogP contribution >= 0.6 is 0 Å². The molecule has 2 rings (SSSR count). The zero-order valence-electron chi connectivity index (χ0n) is 14.2. The molecular weight excluding hydrogens is 272 g/mol. The first-order valence-electron chi connectivity index (χ1n) is 8.60. The third-order valence-electron chi connectivity index (χ3n) is 5.60. The molecule has 2 heteroatoms. The highest BCUT2D eigenvalue weighted by atomic mass is 16.3. The van der Waals surface area contributed by atoms with Gasteiger partial charge in [0.1, 0.15) is 6.29 Å². The highest BCUT2D eigenvalue weighted by Crippen LogP contribution is 2.46. The lowest BCUT2D eigenvalue weighted by Crippen LogP contribution is -2.39. The van der Waals surface area contributed by atoms with Gasteiger partial charge in [-0.3, -0.25) is 4.79 Å². The van der Waals surface area contributed by atoms with Crippen molar-refractivity contribution in [2.24, 2.45) is 23.7 Å². The standard InChI is InChI=1S/C20H30O2/c1-13(2)6-5-7-14(3)17-10-8-15(4)18-11-9-16(12-21)19(17)20(18)22/h6,9,12,14,17-20,22H,4-5,7-8,10-11H2,1-3H3/t14-,17+,18+,19-,20+/m0/s1. The molecule has 1 fully saturated rings. The maximum absolute atomic E-state index is 11.5. The fourth-order valence-corrected chi connectivity index (χ4v) is 4.23. The minimum Gasteiger partial charge on any atom is -0.392 e. The lowest BCUT2D eigenvalue weighted by atomic mass is 9.69. The molecule has 22 heavy (non-hydrogen) atoms. The summed E-state index contributed by atoms with van der Waals surface area (Å²) in [6.45, 7) is 10.7. The maximum atomic E-state index is 11.5. The minimum atomic E-state index is -0.434. The van der Waals surface area contributed by atoms with Crippen LogP contribution in [-0.2, 0) is 4.79 Å². The van der Waals surface area contributed by atoms with Gasteiger partial charge in [0.05, 0.1) is 6.10 Å². The molecular formula is C20H30O2. The molecule has 2 aliphatic carbocycles. The SMILES string of the molecule is C=C1CC[C@H]([C@@H](C)CCC=C(C)C)[C@@H]2C(C=O)=CC[C@H]1[C@H]2O. The van der Waals surface area contributed by atoms with Crippen LogP contribution in [0.1, 0.15) is 52.9 Å². The largest absolute Gasteiger partial charge is 0.392 e. The van der Waals surface area contributed by atoms with Gasteiger partial charge >= 0.3 is 0 Å². The van der Waals surface area contributed by atoms with Crippen LogP contribution in [-0.4, -0.2) is 17.5 Å². The predicted molar refractivity (Wildman–Crippen MR) is 91.4 cm³/mol. The molecule has 2 nitrogen and oxygen atoms in total. The van der Waals surface area contributed by atoms with Crippen molar-refractivity contribution >= 4 is 6.29 Å². The zero-order valence-corrected chi connectivity index (χ0v) is 14.2. The predicted octanol–water partition coefficient (Wildman–Crippen LogP) is 4.46. The van der Waals surface area contributed by atoms with Crippen molar-refractivity contribution in [2.75, 3.05) is 0 Å². The number of aliphatic hydroxyl groups is 1. The van der Waals surface area contributed by atoms with E-state index in [9.17, 15) is 9.90 Å². The van der Waals surface area contributed by atoms with Crippen molar-refractivity contribution < 1.29 is 9.90 Å². The second kappa shape index (κ2) is 7.41. The van der Waals surface area contributed by atoms with Gasteiger partial charge in [-0.1, -0.05) is 36.8 Å². The van der Waals surface area contributed by atoms with Crippen LogP contribution in [0.5, 0.6) is 0 Å². The van der Waals surface area contributed by atoms with Crippen molar-refractivity contribution in [3.8, 4) is 0 Å². The molecule has 0 heterocycles. The van der Waals surface area contributed by atoms with Gasteiger partial charge in [0, 0.05) is 11.8 Å². The van der Waals surface area contributed by atoms with Crippen LogP contribution in [0.25, 0.3) is 0 Å². The summed E-state index contributed by atoms with van der Waals surface area (Å²) < 4.78 is 0. The first-order valence-corrected chi connectivity index (χ1v) is 8.60. The van der Waals surface area contributed by atoms with E-state index in [2.05, 4.69) is 33.4 Å². The summed E-state index contributed by atoms with van der Waals surface area (Å²) in [6.07, 6.45) is 9.83. The first kappa shape index (κ1) is 17.2. The normalized spacial score (nSPS) is 32.7. The van der Waals surface area contributed by atoms with Crippen LogP contribution in [0, 0.1) is 23.7 Å². The number of fused-ring (bicyclic) bond motifs is 2. The summed E-state index contributed by atoms with van der Waals surface area (Å²) >= 11 is 0. The first-order chi connectivity index (χ1) is 10.5. The Labute approximate surface area is 135 Å². The molecule has 122 valence electrons. The van der Waals surface area contributed by atoms with E-state index in [1.165, 1.54) is 5.57 Å². The number of aliphatic hydroxyl groups excluding tert-OH is 1. The van der Waals surface area contributed by atoms with Gasteiger partial charge in [0.25, 0.3) is 0 Å². The number of rotatable bonds is 5. The second-order valence-electron chi connectivity index (χ2n) is 7.38. The Morgan fingerprint density at radius 1 is 1.50 bits per heavy atom. The molecule has 0 amide bonds. The number of hydrogen-bond donors (Lipinski definition) is 1. The monoisotopic (exact) mass is 302 g/mol. The van der Waals surface area contributed by atoms with E-state index in [0.29, 0.717) is 11.8 Å². The van der Waals surface area contributed by atoms with Gasteiger partial charge in [-0.05, 0) is 63.4 Å². The van der Waals surface area contributed by atoms with Crippen molar-refractivity contribution in [2.45, 2.75) is 59.0 Å². The van der Waals surface area contributed by atoms with Crippen LogP contribution in [0.3, 0.4) is 0 Å². The number of carbonyl (C=O) groups is 1. The summed E-state index contributed by atoms with van der Waals surface area (Å²) in [5.74, 6) is 1.02. The Balaban J connectivity index is 2.19. The maximum Gasteiger partial charge on any atom is 0.146 e. The molecule has 1 N–H and O–H groups in total. The molecule has 2 bridgehead atoms. The summed E-state index contributed by atoms with van der Waals surface area (Å²) in [6, 6.07) is 0. The molecule has 1 saturated carbocycles. The van der Waals surface area contributed by atoms with E-state index in [0.717, 1.165) is 49.5 Å². The van der Waals surface area contributed by atoms with Crippen molar-refractivity contribution in [1.29, 1.82) is 0 Å². The summed E-state index contributed by atoms with van der Waals surface area (Å²) in [5, 5.41) is 10.8. The molecule has 0 saturated heterocycles. The summed E-state index contributed by atoms with van der Waals surface area (Å²) in [7, 11) is 0. The van der Waals surface area contributed by atoms with Gasteiger partial charge in [0.15, 0.2) is 0 Å². The smallest absolute Gasteiger partial charge is 0.146 e. The third kappa shape index (κ3) is 3.60. The van der Waals surface area contributed by atoms with Crippen molar-refractivity contribution in [3.05, 3.63) is 35.5 Å². The van der Waals surface area contributed by atoms with E-state index in [1.807, 2.05) is 6.08 Å². The fraction of sp³-hybridized carbons (Fsp3) is 0.650. The number of carbonyl (C=O) groups excluding carboxylic acids is 1. The molecule has 0 radical (unpaired) electrons. The summed E-state index contributed by atoms with van der Waals surface area (Å²) in [5.41, 5.74) is 3.34. The Hall–Kier alpha value is -1.15. The summed E-state index contributed by atoms with van der Waals surface area (Å²) in [4.78, 5) is 11.5. The van der Waals surface area contributed by atoms with Gasteiger partial charge in [-0.25, -0.2) is 0 Å². The number of hydrogen-bond acceptors (Lipinski definition) is 2. The van der Waals surface area contributed by atoms with Gasteiger partial charge < -0.3 is 5.11 Å². The van der Waals surface area contributed by atoms with Gasteiger partial charge in [-0.15, -0.1) is 0 Å². The molecule has 2 aliphatic rings. The lowest BCUT2D eigenvalue weighted by Gasteiger charge is -2.38. The average Bonchev–Trinajstić information content (AvgIpc) is 2.54. The fourth-order valence-electron chi connectivity index (χ4n) is 4.23. The highest BCUT2D eigenvalue weighted by molar-refractivity contribution is 5.74. The second-order valence-corrected chi connectivity index (χ2v) is 7.38. The zero-order chi connectivity index (χ0) is 16.3. The van der Waals surface area contributed by atoms with E-state index < -0.39 is 6.10 Å². The molecule has 0 unspecified atom stereocenters. The van der Waals surface area contributed by atoms with Crippen molar-refractivity contribution in [3.63, 3.8) is 0 Å². The van der Waals surface area contributed by atoms with E-state index >= 15 is 0 Å². The lowest BCUT2D eigenvalue weighted by molar-refractivity contribution is -0.106. The Morgan fingerprint density at radius 2 is 2.23 bits per heavy atom. The molecule has 0 spiro atoms. The number of allylic oxidation sites excluding steroid dienone is 3. The van der Waals surface area contributed by atoms with E-state index in [-0.39, 0.29) is 11.8 Å². The molecule has 5 atom stereocenters. The Kier molecular flexibility index (Phi) is 5.80. The highest BCUT2D eigenvalue weighted by Gasteiger charge is 2.43. The van der Waals surface area contributed by atoms with Crippen molar-refractivity contribution in [1.82, 2.24) is 0 Å².